The van der Waals surface area contributed by atoms with E-state index in [0.29, 0.717) is 5.69 Å². The fourth-order valence-corrected chi connectivity index (χ4v) is 1.69. The molecule has 10 heavy (non-hydrogen) atoms. The summed E-state index contributed by atoms with van der Waals surface area (Å²) in [5.74, 6) is 0. The van der Waals surface area contributed by atoms with Crippen LogP contribution in [0.3, 0.4) is 0 Å². The van der Waals surface area contributed by atoms with Crippen LogP contribution in [0.25, 0.3) is 10.2 Å². The van der Waals surface area contributed by atoms with Gasteiger partial charge in [0.05, 0.1) is 15.9 Å². The Morgan fingerprint density at radius 3 is 3.20 bits per heavy atom. The van der Waals surface area contributed by atoms with Crippen LogP contribution in [0.1, 0.15) is 5.69 Å². The molecule has 3 heteroatoms. The Balaban J connectivity index is 2.78. The van der Waals surface area contributed by atoms with Crippen LogP contribution < -0.4 is 0 Å². The zero-order valence-electron chi connectivity index (χ0n) is 5.05. The van der Waals surface area contributed by atoms with E-state index >= 15 is 0 Å². The lowest BCUT2D eigenvalue weighted by Crippen LogP contribution is -1.74. The van der Waals surface area contributed by atoms with Crippen LogP contribution in [0, 0.1) is 0 Å². The van der Waals surface area contributed by atoms with Crippen LogP contribution in [-0.4, -0.2) is 11.3 Å². The van der Waals surface area contributed by atoms with Crippen molar-refractivity contribution in [2.45, 2.75) is 0 Å². The normalized spacial score (nSPS) is 10.4. The van der Waals surface area contributed by atoms with Gasteiger partial charge in [-0.25, -0.2) is 0 Å². The molecule has 0 aliphatic carbocycles. The van der Waals surface area contributed by atoms with Crippen LogP contribution >= 0.6 is 11.3 Å². The van der Waals surface area contributed by atoms with Crippen molar-refractivity contribution in [1.82, 2.24) is 4.98 Å². The monoisotopic (exact) mass is 150 g/mol. The lowest BCUT2D eigenvalue weighted by Gasteiger charge is -1.72. The molecule has 2 aromatic heterocycles. The van der Waals surface area contributed by atoms with Crippen molar-refractivity contribution < 1.29 is 4.79 Å². The summed E-state index contributed by atoms with van der Waals surface area (Å²) in [6.07, 6.45) is 1.80. The number of fused-ring (bicyclic) bond motifs is 1. The predicted molar refractivity (Wildman–Crippen MR) is 41.0 cm³/mol. The minimum Gasteiger partial charge on any atom is -0.351 e. The molecule has 1 radical (unpaired) electrons. The highest BCUT2D eigenvalue weighted by Gasteiger charge is 1.99. The first-order chi connectivity index (χ1) is 4.90. The molecule has 2 nitrogen and oxygen atoms in total. The summed E-state index contributed by atoms with van der Waals surface area (Å²) >= 11 is 1.61. The quantitative estimate of drug-likeness (QED) is 0.659. The number of hydrogen-bond donors (Lipinski definition) is 1. The number of thiophene rings is 1. The zero-order chi connectivity index (χ0) is 6.97. The fourth-order valence-electron chi connectivity index (χ4n) is 0.903. The maximum Gasteiger partial charge on any atom is 0.251 e. The molecular weight excluding hydrogens is 146 g/mol. The standard InChI is InChI=1S/C7H4NOS/c9-4-5-3-7-6(8-5)1-2-10-7/h1-3,8H. The molecule has 0 aliphatic heterocycles. The molecule has 0 saturated heterocycles. The van der Waals surface area contributed by atoms with Gasteiger partial charge in [0, 0.05) is 0 Å². The second-order valence-corrected chi connectivity index (χ2v) is 2.93. The Hall–Kier alpha value is -1.09. The third-order valence-electron chi connectivity index (χ3n) is 1.35. The first kappa shape index (κ1) is 5.68. The SMILES string of the molecule is O=[C]c1cc2sccc2[nH]1. The summed E-state index contributed by atoms with van der Waals surface area (Å²) in [7, 11) is 0. The summed E-state index contributed by atoms with van der Waals surface area (Å²) in [4.78, 5) is 13.0. The fraction of sp³-hybridized carbons (Fsp3) is 0. The molecule has 0 atom stereocenters. The molecule has 0 fully saturated rings. The van der Waals surface area contributed by atoms with Gasteiger partial charge in [-0.1, -0.05) is 0 Å². The number of H-pyrrole nitrogens is 1. The van der Waals surface area contributed by atoms with Crippen molar-refractivity contribution in [1.29, 1.82) is 0 Å². The number of rotatable bonds is 1. The molecule has 2 heterocycles. The van der Waals surface area contributed by atoms with E-state index in [9.17, 15) is 4.79 Å². The number of aromatic amines is 1. The lowest BCUT2D eigenvalue weighted by molar-refractivity contribution is 0.562. The Kier molecular flexibility index (Phi) is 1.11. The third kappa shape index (κ3) is 0.675. The van der Waals surface area contributed by atoms with Crippen LogP contribution in [0.2, 0.25) is 0 Å². The molecule has 0 spiro atoms. The van der Waals surface area contributed by atoms with Crippen LogP contribution in [-0.2, 0) is 4.79 Å². The average molecular weight is 150 g/mol. The first-order valence-corrected chi connectivity index (χ1v) is 3.72. The molecule has 0 unspecified atom stereocenters. The smallest absolute Gasteiger partial charge is 0.251 e. The summed E-state index contributed by atoms with van der Waals surface area (Å²) in [6, 6.07) is 3.74. The number of nitrogens with one attached hydrogen (secondary N) is 1. The van der Waals surface area contributed by atoms with Crippen molar-refractivity contribution in [3.63, 3.8) is 0 Å². The highest BCUT2D eigenvalue weighted by atomic mass is 32.1. The van der Waals surface area contributed by atoms with E-state index in [1.807, 2.05) is 11.4 Å². The summed E-state index contributed by atoms with van der Waals surface area (Å²) < 4.78 is 1.11. The molecule has 0 aromatic carbocycles. The summed E-state index contributed by atoms with van der Waals surface area (Å²) in [6.45, 7) is 0. The number of aromatic nitrogens is 1. The van der Waals surface area contributed by atoms with Gasteiger partial charge in [-0.3, -0.25) is 4.79 Å². The number of hydrogen-bond acceptors (Lipinski definition) is 2. The Morgan fingerprint density at radius 2 is 2.50 bits per heavy atom. The molecular formula is C7H4NOS. The molecule has 0 bridgehead atoms. The van der Waals surface area contributed by atoms with Gasteiger partial charge in [-0.2, -0.15) is 0 Å². The zero-order valence-corrected chi connectivity index (χ0v) is 5.87. The van der Waals surface area contributed by atoms with E-state index in [1.54, 1.807) is 23.7 Å². The topological polar surface area (TPSA) is 32.9 Å². The Labute approximate surface area is 61.5 Å². The first-order valence-electron chi connectivity index (χ1n) is 2.84. The van der Waals surface area contributed by atoms with Crippen molar-refractivity contribution in [2.24, 2.45) is 0 Å². The second-order valence-electron chi connectivity index (χ2n) is 1.98. The van der Waals surface area contributed by atoms with E-state index in [1.165, 1.54) is 0 Å². The van der Waals surface area contributed by atoms with Crippen molar-refractivity contribution in [3.8, 4) is 0 Å². The van der Waals surface area contributed by atoms with Crippen molar-refractivity contribution in [2.75, 3.05) is 0 Å². The largest absolute Gasteiger partial charge is 0.351 e. The highest BCUT2D eigenvalue weighted by molar-refractivity contribution is 7.17. The number of carbonyl (C=O) groups excluding carboxylic acids is 1. The van der Waals surface area contributed by atoms with Crippen molar-refractivity contribution in [3.05, 3.63) is 23.2 Å². The average Bonchev–Trinajstić information content (AvgIpc) is 2.42. The van der Waals surface area contributed by atoms with Gasteiger partial charge < -0.3 is 4.98 Å². The lowest BCUT2D eigenvalue weighted by atomic mass is 10.5. The summed E-state index contributed by atoms with van der Waals surface area (Å²) in [5, 5.41) is 1.98. The van der Waals surface area contributed by atoms with Gasteiger partial charge >= 0.3 is 0 Å². The van der Waals surface area contributed by atoms with Gasteiger partial charge in [-0.15, -0.1) is 11.3 Å². The van der Waals surface area contributed by atoms with Gasteiger partial charge in [0.25, 0.3) is 6.29 Å². The molecule has 49 valence electrons. The summed E-state index contributed by atoms with van der Waals surface area (Å²) in [5.41, 5.74) is 1.55. The minimum atomic E-state index is 0.529. The molecule has 1 N–H and O–H groups in total. The minimum absolute atomic E-state index is 0.529. The molecule has 0 aliphatic rings. The third-order valence-corrected chi connectivity index (χ3v) is 2.21. The molecule has 2 aromatic rings. The maximum atomic E-state index is 10.1. The van der Waals surface area contributed by atoms with Gasteiger partial charge in [0.15, 0.2) is 0 Å². The highest BCUT2D eigenvalue weighted by Crippen LogP contribution is 2.19. The van der Waals surface area contributed by atoms with Gasteiger partial charge in [-0.05, 0) is 17.5 Å². The second kappa shape index (κ2) is 1.95. The maximum absolute atomic E-state index is 10.1. The van der Waals surface area contributed by atoms with Gasteiger partial charge in [0.1, 0.15) is 0 Å². The molecule has 0 saturated carbocycles. The van der Waals surface area contributed by atoms with Crippen LogP contribution in [0.4, 0.5) is 0 Å². The van der Waals surface area contributed by atoms with Crippen molar-refractivity contribution >= 4 is 27.8 Å². The van der Waals surface area contributed by atoms with E-state index in [2.05, 4.69) is 4.98 Å². The van der Waals surface area contributed by atoms with Crippen LogP contribution in [0.5, 0.6) is 0 Å². The van der Waals surface area contributed by atoms with E-state index < -0.39 is 0 Å². The molecule has 2 rings (SSSR count). The molecule has 0 amide bonds. The van der Waals surface area contributed by atoms with Gasteiger partial charge in [0.2, 0.25) is 0 Å². The van der Waals surface area contributed by atoms with E-state index in [-0.39, 0.29) is 0 Å². The Bertz CT molecular complexity index is 332. The van der Waals surface area contributed by atoms with Crippen LogP contribution in [0.15, 0.2) is 17.5 Å². The van der Waals surface area contributed by atoms with E-state index in [0.717, 1.165) is 10.2 Å². The predicted octanol–water partition coefficient (Wildman–Crippen LogP) is 1.69. The Morgan fingerprint density at radius 1 is 1.60 bits per heavy atom. The van der Waals surface area contributed by atoms with E-state index in [4.69, 9.17) is 0 Å².